The van der Waals surface area contributed by atoms with Crippen molar-refractivity contribution in [1.29, 1.82) is 0 Å². The molecular formula is C11H12Cl2N2O. The normalized spacial score (nSPS) is 9.88. The van der Waals surface area contributed by atoms with Gasteiger partial charge < -0.3 is 10.6 Å². The number of nitrogens with one attached hydrogen (secondary N) is 2. The van der Waals surface area contributed by atoms with Crippen LogP contribution in [0.5, 0.6) is 0 Å². The van der Waals surface area contributed by atoms with Crippen molar-refractivity contribution in [1.82, 2.24) is 5.32 Å². The molecule has 5 heteroatoms. The maximum atomic E-state index is 11.4. The standard InChI is InChI=1S/C11H12Cl2N2O/c1-2-5-14-7-11(16)15-8-3-4-9(12)10(13)6-8/h2-4,6,14H,1,5,7H2,(H,15,16). The van der Waals surface area contributed by atoms with Crippen molar-refractivity contribution >= 4 is 34.8 Å². The molecule has 16 heavy (non-hydrogen) atoms. The van der Waals surface area contributed by atoms with Crippen molar-refractivity contribution in [2.24, 2.45) is 0 Å². The van der Waals surface area contributed by atoms with Crippen molar-refractivity contribution < 1.29 is 4.79 Å². The summed E-state index contributed by atoms with van der Waals surface area (Å²) >= 11 is 11.6. The third-order valence-electron chi connectivity index (χ3n) is 1.78. The fourth-order valence-electron chi connectivity index (χ4n) is 1.07. The molecule has 0 unspecified atom stereocenters. The van der Waals surface area contributed by atoms with Gasteiger partial charge in [0.05, 0.1) is 16.6 Å². The number of amides is 1. The number of carbonyl (C=O) groups excluding carboxylic acids is 1. The van der Waals surface area contributed by atoms with E-state index in [1.165, 1.54) is 0 Å². The van der Waals surface area contributed by atoms with Gasteiger partial charge in [0, 0.05) is 12.2 Å². The molecule has 2 N–H and O–H groups in total. The zero-order chi connectivity index (χ0) is 12.0. The van der Waals surface area contributed by atoms with Gasteiger partial charge in [-0.05, 0) is 18.2 Å². The number of rotatable bonds is 5. The minimum absolute atomic E-state index is 0.139. The number of anilines is 1. The third kappa shape index (κ3) is 4.23. The lowest BCUT2D eigenvalue weighted by molar-refractivity contribution is -0.115. The Morgan fingerprint density at radius 1 is 1.38 bits per heavy atom. The molecule has 0 spiro atoms. The van der Waals surface area contributed by atoms with Crippen LogP contribution in [0.1, 0.15) is 0 Å². The summed E-state index contributed by atoms with van der Waals surface area (Å²) in [5, 5.41) is 6.46. The molecule has 0 bridgehead atoms. The van der Waals surface area contributed by atoms with Crippen LogP contribution in [0.3, 0.4) is 0 Å². The van der Waals surface area contributed by atoms with E-state index >= 15 is 0 Å². The topological polar surface area (TPSA) is 41.1 Å². The highest BCUT2D eigenvalue weighted by molar-refractivity contribution is 6.42. The van der Waals surface area contributed by atoms with E-state index in [-0.39, 0.29) is 12.5 Å². The maximum Gasteiger partial charge on any atom is 0.238 e. The van der Waals surface area contributed by atoms with Gasteiger partial charge in [-0.15, -0.1) is 6.58 Å². The van der Waals surface area contributed by atoms with Gasteiger partial charge in [0.1, 0.15) is 0 Å². The van der Waals surface area contributed by atoms with Crippen molar-refractivity contribution in [2.45, 2.75) is 0 Å². The lowest BCUT2D eigenvalue weighted by atomic mass is 10.3. The molecule has 0 aliphatic carbocycles. The SMILES string of the molecule is C=CCNCC(=O)Nc1ccc(Cl)c(Cl)c1. The van der Waals surface area contributed by atoms with Gasteiger partial charge in [0.15, 0.2) is 0 Å². The van der Waals surface area contributed by atoms with Gasteiger partial charge in [-0.1, -0.05) is 29.3 Å². The largest absolute Gasteiger partial charge is 0.325 e. The number of halogens is 2. The molecule has 0 aliphatic rings. The number of benzene rings is 1. The predicted octanol–water partition coefficient (Wildman–Crippen LogP) is 2.71. The van der Waals surface area contributed by atoms with Gasteiger partial charge in [0.25, 0.3) is 0 Å². The molecule has 1 rings (SSSR count). The van der Waals surface area contributed by atoms with Gasteiger partial charge >= 0.3 is 0 Å². The van der Waals surface area contributed by atoms with Crippen LogP contribution in [0.4, 0.5) is 5.69 Å². The van der Waals surface area contributed by atoms with Crippen LogP contribution in [-0.2, 0) is 4.79 Å². The number of hydrogen-bond acceptors (Lipinski definition) is 2. The molecular weight excluding hydrogens is 247 g/mol. The van der Waals surface area contributed by atoms with Crippen LogP contribution in [0.2, 0.25) is 10.0 Å². The second-order valence-electron chi connectivity index (χ2n) is 3.10. The fraction of sp³-hybridized carbons (Fsp3) is 0.182. The molecule has 3 nitrogen and oxygen atoms in total. The molecule has 0 heterocycles. The van der Waals surface area contributed by atoms with E-state index in [2.05, 4.69) is 17.2 Å². The Morgan fingerprint density at radius 3 is 2.75 bits per heavy atom. The second kappa shape index (κ2) is 6.53. The quantitative estimate of drug-likeness (QED) is 0.630. The van der Waals surface area contributed by atoms with E-state index in [1.807, 2.05) is 0 Å². The van der Waals surface area contributed by atoms with Crippen LogP contribution in [-0.4, -0.2) is 19.0 Å². The monoisotopic (exact) mass is 258 g/mol. The Morgan fingerprint density at radius 2 is 2.12 bits per heavy atom. The Labute approximate surface area is 104 Å². The summed E-state index contributed by atoms with van der Waals surface area (Å²) in [7, 11) is 0. The van der Waals surface area contributed by atoms with Crippen molar-refractivity contribution in [2.75, 3.05) is 18.4 Å². The zero-order valence-corrected chi connectivity index (χ0v) is 10.1. The van der Waals surface area contributed by atoms with Crippen LogP contribution >= 0.6 is 23.2 Å². The fourth-order valence-corrected chi connectivity index (χ4v) is 1.36. The van der Waals surface area contributed by atoms with Crippen LogP contribution < -0.4 is 10.6 Å². The highest BCUT2D eigenvalue weighted by atomic mass is 35.5. The third-order valence-corrected chi connectivity index (χ3v) is 2.52. The second-order valence-corrected chi connectivity index (χ2v) is 3.91. The number of hydrogen-bond donors (Lipinski definition) is 2. The van der Waals surface area contributed by atoms with Gasteiger partial charge in [-0.2, -0.15) is 0 Å². The minimum Gasteiger partial charge on any atom is -0.325 e. The lowest BCUT2D eigenvalue weighted by Crippen LogP contribution is -2.28. The van der Waals surface area contributed by atoms with Crippen molar-refractivity contribution in [3.8, 4) is 0 Å². The van der Waals surface area contributed by atoms with Gasteiger partial charge in [-0.25, -0.2) is 0 Å². The van der Waals surface area contributed by atoms with E-state index < -0.39 is 0 Å². The van der Waals surface area contributed by atoms with Gasteiger partial charge in [-0.3, -0.25) is 4.79 Å². The molecule has 0 radical (unpaired) electrons. The number of carbonyl (C=O) groups is 1. The van der Waals surface area contributed by atoms with Crippen LogP contribution in [0.15, 0.2) is 30.9 Å². The smallest absolute Gasteiger partial charge is 0.238 e. The molecule has 0 saturated heterocycles. The highest BCUT2D eigenvalue weighted by Gasteiger charge is 2.03. The van der Waals surface area contributed by atoms with Crippen LogP contribution in [0, 0.1) is 0 Å². The molecule has 1 aromatic rings. The summed E-state index contributed by atoms with van der Waals surface area (Å²) in [5.74, 6) is -0.139. The molecule has 0 atom stereocenters. The summed E-state index contributed by atoms with van der Waals surface area (Å²) in [6, 6.07) is 4.94. The summed E-state index contributed by atoms with van der Waals surface area (Å²) in [6.07, 6.45) is 1.69. The van der Waals surface area contributed by atoms with Crippen molar-refractivity contribution in [3.63, 3.8) is 0 Å². The first-order valence-corrected chi connectivity index (χ1v) is 5.45. The molecule has 0 saturated carbocycles. The first-order chi connectivity index (χ1) is 7.63. The van der Waals surface area contributed by atoms with E-state index in [0.29, 0.717) is 22.3 Å². The van der Waals surface area contributed by atoms with E-state index in [4.69, 9.17) is 23.2 Å². The zero-order valence-electron chi connectivity index (χ0n) is 8.59. The van der Waals surface area contributed by atoms with E-state index in [1.54, 1.807) is 24.3 Å². The Hall–Kier alpha value is -1.03. The van der Waals surface area contributed by atoms with E-state index in [9.17, 15) is 4.79 Å². The molecule has 1 aromatic carbocycles. The Bertz CT molecular complexity index is 394. The average Bonchev–Trinajstić information content (AvgIpc) is 2.24. The summed E-state index contributed by atoms with van der Waals surface area (Å²) < 4.78 is 0. The maximum absolute atomic E-state index is 11.4. The molecule has 86 valence electrons. The molecule has 0 aliphatic heterocycles. The molecule has 0 aromatic heterocycles. The summed E-state index contributed by atoms with van der Waals surface area (Å²) in [6.45, 7) is 4.36. The van der Waals surface area contributed by atoms with Gasteiger partial charge in [0.2, 0.25) is 5.91 Å². The molecule has 0 fully saturated rings. The van der Waals surface area contributed by atoms with Crippen LogP contribution in [0.25, 0.3) is 0 Å². The molecule has 1 amide bonds. The predicted molar refractivity (Wildman–Crippen MR) is 68.2 cm³/mol. The minimum atomic E-state index is -0.139. The Balaban J connectivity index is 2.49. The van der Waals surface area contributed by atoms with Crippen molar-refractivity contribution in [3.05, 3.63) is 40.9 Å². The van der Waals surface area contributed by atoms with E-state index in [0.717, 1.165) is 0 Å². The summed E-state index contributed by atoms with van der Waals surface area (Å²) in [5.41, 5.74) is 0.625. The lowest BCUT2D eigenvalue weighted by Gasteiger charge is -2.06. The first kappa shape index (κ1) is 13.0. The first-order valence-electron chi connectivity index (χ1n) is 4.70. The highest BCUT2D eigenvalue weighted by Crippen LogP contribution is 2.24. The Kier molecular flexibility index (Phi) is 5.32. The average molecular weight is 259 g/mol. The summed E-state index contributed by atoms with van der Waals surface area (Å²) in [4.78, 5) is 11.4.